The number of aldehydes is 1. The Morgan fingerprint density at radius 1 is 1.48 bits per heavy atom. The largest absolute Gasteiger partial charge is 0.494 e. The van der Waals surface area contributed by atoms with Gasteiger partial charge in [-0.1, -0.05) is 17.3 Å². The fourth-order valence-electron chi connectivity index (χ4n) is 2.82. The number of aryl methyl sites for hydroxylation is 2. The Labute approximate surface area is 135 Å². The zero-order valence-electron chi connectivity index (χ0n) is 13.3. The molecule has 1 aliphatic heterocycles. The predicted molar refractivity (Wildman–Crippen MR) is 84.6 cm³/mol. The van der Waals surface area contributed by atoms with Gasteiger partial charge < -0.3 is 9.47 Å². The SMILES string of the molecule is Cc1cccc(OCCCn2nnc(C=O)c2C2CCCO2)c1. The van der Waals surface area contributed by atoms with Gasteiger partial charge in [-0.3, -0.25) is 4.79 Å². The molecular formula is C17H21N3O3. The van der Waals surface area contributed by atoms with Gasteiger partial charge in [-0.2, -0.15) is 0 Å². The van der Waals surface area contributed by atoms with Crippen molar-refractivity contribution in [1.29, 1.82) is 0 Å². The number of nitrogens with zero attached hydrogens (tertiary/aromatic N) is 3. The molecule has 6 heteroatoms. The molecule has 1 aliphatic rings. The van der Waals surface area contributed by atoms with Gasteiger partial charge in [-0.05, 0) is 37.5 Å². The molecule has 0 bridgehead atoms. The zero-order valence-corrected chi connectivity index (χ0v) is 13.3. The Morgan fingerprint density at radius 3 is 3.13 bits per heavy atom. The third kappa shape index (κ3) is 3.76. The van der Waals surface area contributed by atoms with Crippen molar-refractivity contribution in [3.63, 3.8) is 0 Å². The van der Waals surface area contributed by atoms with Crippen molar-refractivity contribution >= 4 is 6.29 Å². The minimum atomic E-state index is -0.0668. The van der Waals surface area contributed by atoms with E-state index < -0.39 is 0 Å². The van der Waals surface area contributed by atoms with E-state index in [0.29, 0.717) is 18.8 Å². The van der Waals surface area contributed by atoms with E-state index in [4.69, 9.17) is 9.47 Å². The number of ether oxygens (including phenoxy) is 2. The minimum Gasteiger partial charge on any atom is -0.494 e. The Morgan fingerprint density at radius 2 is 2.39 bits per heavy atom. The molecule has 1 aromatic heterocycles. The van der Waals surface area contributed by atoms with Crippen LogP contribution in [0.1, 0.15) is 47.1 Å². The summed E-state index contributed by atoms with van der Waals surface area (Å²) in [5.74, 6) is 0.872. The number of benzene rings is 1. The van der Waals surface area contributed by atoms with Crippen LogP contribution < -0.4 is 4.74 Å². The second kappa shape index (κ2) is 7.37. The summed E-state index contributed by atoms with van der Waals surface area (Å²) in [6.45, 7) is 4.01. The van der Waals surface area contributed by atoms with Crippen molar-refractivity contribution in [3.05, 3.63) is 41.2 Å². The molecule has 122 valence electrons. The number of rotatable bonds is 7. The molecule has 0 spiro atoms. The maximum atomic E-state index is 11.1. The minimum absolute atomic E-state index is 0.0668. The summed E-state index contributed by atoms with van der Waals surface area (Å²) in [7, 11) is 0. The van der Waals surface area contributed by atoms with E-state index in [0.717, 1.165) is 43.6 Å². The van der Waals surface area contributed by atoms with E-state index in [9.17, 15) is 4.79 Å². The summed E-state index contributed by atoms with van der Waals surface area (Å²) < 4.78 is 13.2. The van der Waals surface area contributed by atoms with E-state index in [1.807, 2.05) is 31.2 Å². The molecule has 1 unspecified atom stereocenters. The summed E-state index contributed by atoms with van der Waals surface area (Å²) >= 11 is 0. The highest BCUT2D eigenvalue weighted by molar-refractivity contribution is 5.73. The van der Waals surface area contributed by atoms with Crippen molar-refractivity contribution in [2.24, 2.45) is 0 Å². The summed E-state index contributed by atoms with van der Waals surface area (Å²) in [4.78, 5) is 11.1. The highest BCUT2D eigenvalue weighted by atomic mass is 16.5. The van der Waals surface area contributed by atoms with E-state index in [1.54, 1.807) is 4.68 Å². The van der Waals surface area contributed by atoms with Gasteiger partial charge in [0.2, 0.25) is 0 Å². The average molecular weight is 315 g/mol. The highest BCUT2D eigenvalue weighted by Gasteiger charge is 2.26. The molecule has 0 aliphatic carbocycles. The molecule has 1 fully saturated rings. The average Bonchev–Trinajstić information content (AvgIpc) is 3.20. The van der Waals surface area contributed by atoms with Crippen LogP contribution in [0.15, 0.2) is 24.3 Å². The van der Waals surface area contributed by atoms with Crippen molar-refractivity contribution in [2.45, 2.75) is 38.8 Å². The number of carbonyl (C=O) groups excluding carboxylic acids is 1. The fraction of sp³-hybridized carbons (Fsp3) is 0.471. The van der Waals surface area contributed by atoms with Gasteiger partial charge in [0, 0.05) is 19.6 Å². The van der Waals surface area contributed by atoms with E-state index >= 15 is 0 Å². The van der Waals surface area contributed by atoms with Gasteiger partial charge in [-0.25, -0.2) is 4.68 Å². The molecule has 6 nitrogen and oxygen atoms in total. The standard InChI is InChI=1S/C17H21N3O3/c1-13-5-2-6-14(11-13)22-10-4-8-20-17(15(12-21)18-19-20)16-7-3-9-23-16/h2,5-6,11-12,16H,3-4,7-10H2,1H3. The topological polar surface area (TPSA) is 66.2 Å². The summed E-state index contributed by atoms with van der Waals surface area (Å²) in [5, 5.41) is 8.04. The van der Waals surface area contributed by atoms with Crippen molar-refractivity contribution in [1.82, 2.24) is 15.0 Å². The lowest BCUT2D eigenvalue weighted by Gasteiger charge is -2.12. The number of hydrogen-bond acceptors (Lipinski definition) is 5. The Bertz CT molecular complexity index is 663. The van der Waals surface area contributed by atoms with Gasteiger partial charge in [0.15, 0.2) is 12.0 Å². The van der Waals surface area contributed by atoms with Gasteiger partial charge >= 0.3 is 0 Å². The molecular weight excluding hydrogens is 294 g/mol. The van der Waals surface area contributed by atoms with Gasteiger partial charge in [-0.15, -0.1) is 5.10 Å². The lowest BCUT2D eigenvalue weighted by Crippen LogP contribution is -2.12. The molecule has 0 amide bonds. The first-order valence-electron chi connectivity index (χ1n) is 7.97. The van der Waals surface area contributed by atoms with Crippen LogP contribution in [0.3, 0.4) is 0 Å². The Kier molecular flexibility index (Phi) is 5.02. The molecule has 0 radical (unpaired) electrons. The third-order valence-electron chi connectivity index (χ3n) is 3.92. The second-order valence-electron chi connectivity index (χ2n) is 5.72. The molecule has 2 aromatic rings. The van der Waals surface area contributed by atoms with Crippen LogP contribution in [0.25, 0.3) is 0 Å². The van der Waals surface area contributed by atoms with Crippen LogP contribution in [0.2, 0.25) is 0 Å². The smallest absolute Gasteiger partial charge is 0.172 e. The zero-order chi connectivity index (χ0) is 16.1. The van der Waals surface area contributed by atoms with Crippen LogP contribution in [-0.2, 0) is 11.3 Å². The molecule has 1 saturated heterocycles. The van der Waals surface area contributed by atoms with E-state index in [-0.39, 0.29) is 6.10 Å². The maximum Gasteiger partial charge on any atom is 0.172 e. The molecule has 2 heterocycles. The summed E-state index contributed by atoms with van der Waals surface area (Å²) in [5.41, 5.74) is 2.36. The molecule has 0 N–H and O–H groups in total. The molecule has 23 heavy (non-hydrogen) atoms. The first-order valence-corrected chi connectivity index (χ1v) is 7.97. The lowest BCUT2D eigenvalue weighted by molar-refractivity contribution is 0.100. The van der Waals surface area contributed by atoms with Crippen molar-refractivity contribution in [3.8, 4) is 5.75 Å². The molecule has 3 rings (SSSR count). The monoisotopic (exact) mass is 315 g/mol. The predicted octanol–water partition coefficient (Wildman–Crippen LogP) is 2.72. The fourth-order valence-corrected chi connectivity index (χ4v) is 2.82. The first kappa shape index (κ1) is 15.7. The summed E-state index contributed by atoms with van der Waals surface area (Å²) in [6.07, 6.45) is 3.39. The normalized spacial score (nSPS) is 17.3. The van der Waals surface area contributed by atoms with Crippen LogP contribution in [0.5, 0.6) is 5.75 Å². The maximum absolute atomic E-state index is 11.1. The summed E-state index contributed by atoms with van der Waals surface area (Å²) in [6, 6.07) is 7.98. The third-order valence-corrected chi connectivity index (χ3v) is 3.92. The first-order chi connectivity index (χ1) is 11.3. The molecule has 1 atom stereocenters. The van der Waals surface area contributed by atoms with Crippen LogP contribution in [-0.4, -0.2) is 34.5 Å². The number of hydrogen-bond donors (Lipinski definition) is 0. The number of aromatic nitrogens is 3. The van der Waals surface area contributed by atoms with E-state index in [1.165, 1.54) is 5.56 Å². The quantitative estimate of drug-likeness (QED) is 0.580. The van der Waals surface area contributed by atoms with Crippen LogP contribution in [0.4, 0.5) is 0 Å². The van der Waals surface area contributed by atoms with Crippen molar-refractivity contribution < 1.29 is 14.3 Å². The highest BCUT2D eigenvalue weighted by Crippen LogP contribution is 2.29. The molecule has 0 saturated carbocycles. The Balaban J connectivity index is 1.57. The lowest BCUT2D eigenvalue weighted by atomic mass is 10.1. The van der Waals surface area contributed by atoms with Gasteiger partial charge in [0.25, 0.3) is 0 Å². The van der Waals surface area contributed by atoms with Gasteiger partial charge in [0.1, 0.15) is 11.9 Å². The van der Waals surface area contributed by atoms with Crippen molar-refractivity contribution in [2.75, 3.05) is 13.2 Å². The van der Waals surface area contributed by atoms with E-state index in [2.05, 4.69) is 10.3 Å². The number of carbonyl (C=O) groups is 1. The second-order valence-corrected chi connectivity index (χ2v) is 5.72. The van der Waals surface area contributed by atoms with Gasteiger partial charge in [0.05, 0.1) is 12.3 Å². The van der Waals surface area contributed by atoms with Crippen LogP contribution in [0, 0.1) is 6.92 Å². The Hall–Kier alpha value is -2.21. The van der Waals surface area contributed by atoms with Crippen LogP contribution >= 0.6 is 0 Å². The molecule has 1 aromatic carbocycles.